The highest BCUT2D eigenvalue weighted by Gasteiger charge is 2.27. The van der Waals surface area contributed by atoms with Crippen LogP contribution in [0.15, 0.2) is 36.9 Å². The van der Waals surface area contributed by atoms with Crippen LogP contribution < -0.4 is 10.6 Å². The lowest BCUT2D eigenvalue weighted by Gasteiger charge is -2.25. The second kappa shape index (κ2) is 6.28. The molecular weight excluding hydrogens is 288 g/mol. The van der Waals surface area contributed by atoms with E-state index in [1.54, 1.807) is 35.4 Å². The number of nitrogens with one attached hydrogen (secondary N) is 2. The van der Waals surface area contributed by atoms with Crippen molar-refractivity contribution in [3.63, 3.8) is 0 Å². The number of nitrogens with zero attached hydrogens (tertiary/aromatic N) is 2. The van der Waals surface area contributed by atoms with Crippen LogP contribution in [0.3, 0.4) is 0 Å². The van der Waals surface area contributed by atoms with E-state index in [1.807, 2.05) is 26.8 Å². The van der Waals surface area contributed by atoms with Crippen LogP contribution in [0.1, 0.15) is 20.8 Å². The number of likely N-dealkylation sites (N-methyl/N-ethyl adjacent to an activating group) is 1. The van der Waals surface area contributed by atoms with Crippen molar-refractivity contribution in [1.29, 1.82) is 0 Å². The van der Waals surface area contributed by atoms with E-state index in [-0.39, 0.29) is 5.91 Å². The molecule has 0 fully saturated rings. The third kappa shape index (κ3) is 3.43. The summed E-state index contributed by atoms with van der Waals surface area (Å²) in [4.78, 5) is 16.4. The summed E-state index contributed by atoms with van der Waals surface area (Å²) < 4.78 is 1.78. The minimum Gasteiger partial charge on any atom is -0.323 e. The molecular formula is C15H19ClN4O. The zero-order valence-electron chi connectivity index (χ0n) is 12.4. The third-order valence-corrected chi connectivity index (χ3v) is 3.49. The van der Waals surface area contributed by atoms with Crippen molar-refractivity contribution in [2.45, 2.75) is 26.3 Å². The molecule has 0 aliphatic carbocycles. The highest BCUT2D eigenvalue weighted by atomic mass is 35.5. The SMILES string of the molecule is CCNC(C)(C)C(=O)Nc1cccc(Cl)c1-n1ccnc1. The summed E-state index contributed by atoms with van der Waals surface area (Å²) in [5.74, 6) is -0.118. The second-order valence-electron chi connectivity index (χ2n) is 5.22. The molecule has 0 radical (unpaired) electrons. The molecule has 1 aromatic carbocycles. The van der Waals surface area contributed by atoms with Gasteiger partial charge in [0.25, 0.3) is 0 Å². The number of para-hydroxylation sites is 1. The third-order valence-electron chi connectivity index (χ3n) is 3.18. The van der Waals surface area contributed by atoms with Crippen molar-refractivity contribution in [3.05, 3.63) is 41.9 Å². The molecule has 2 rings (SSSR count). The summed E-state index contributed by atoms with van der Waals surface area (Å²) in [6.07, 6.45) is 5.09. The predicted molar refractivity (Wildman–Crippen MR) is 85.0 cm³/mol. The van der Waals surface area contributed by atoms with Crippen molar-refractivity contribution in [3.8, 4) is 5.69 Å². The predicted octanol–water partition coefficient (Wildman–Crippen LogP) is 2.85. The Kier molecular flexibility index (Phi) is 4.65. The number of benzene rings is 1. The summed E-state index contributed by atoms with van der Waals surface area (Å²) in [5.41, 5.74) is 0.692. The molecule has 112 valence electrons. The number of aromatic nitrogens is 2. The summed E-state index contributed by atoms with van der Waals surface area (Å²) in [6, 6.07) is 5.40. The van der Waals surface area contributed by atoms with Crippen LogP contribution in [-0.4, -0.2) is 27.5 Å². The Bertz CT molecular complexity index is 623. The van der Waals surface area contributed by atoms with Crippen LogP contribution >= 0.6 is 11.6 Å². The van der Waals surface area contributed by atoms with Gasteiger partial charge in [-0.2, -0.15) is 0 Å². The lowest BCUT2D eigenvalue weighted by atomic mass is 10.0. The average Bonchev–Trinajstić information content (AvgIpc) is 2.92. The highest BCUT2D eigenvalue weighted by Crippen LogP contribution is 2.28. The molecule has 0 saturated heterocycles. The Labute approximate surface area is 129 Å². The largest absolute Gasteiger partial charge is 0.323 e. The van der Waals surface area contributed by atoms with E-state index in [2.05, 4.69) is 15.6 Å². The quantitative estimate of drug-likeness (QED) is 0.893. The molecule has 0 saturated carbocycles. The first kappa shape index (κ1) is 15.5. The Balaban J connectivity index is 2.33. The molecule has 0 spiro atoms. The minimum absolute atomic E-state index is 0.118. The first-order valence-corrected chi connectivity index (χ1v) is 7.17. The average molecular weight is 307 g/mol. The zero-order valence-corrected chi connectivity index (χ0v) is 13.1. The molecule has 1 heterocycles. The van der Waals surface area contributed by atoms with Gasteiger partial charge in [0.1, 0.15) is 0 Å². The van der Waals surface area contributed by atoms with E-state index in [9.17, 15) is 4.79 Å². The van der Waals surface area contributed by atoms with Gasteiger partial charge in [-0.15, -0.1) is 0 Å². The van der Waals surface area contributed by atoms with Gasteiger partial charge in [-0.1, -0.05) is 24.6 Å². The van der Waals surface area contributed by atoms with E-state index in [0.717, 1.165) is 0 Å². The Morgan fingerprint density at radius 3 is 2.81 bits per heavy atom. The number of hydrogen-bond acceptors (Lipinski definition) is 3. The second-order valence-corrected chi connectivity index (χ2v) is 5.62. The highest BCUT2D eigenvalue weighted by molar-refractivity contribution is 6.33. The van der Waals surface area contributed by atoms with E-state index < -0.39 is 5.54 Å². The molecule has 6 heteroatoms. The van der Waals surface area contributed by atoms with Crippen LogP contribution in [0.4, 0.5) is 5.69 Å². The van der Waals surface area contributed by atoms with Gasteiger partial charge >= 0.3 is 0 Å². The number of anilines is 1. The van der Waals surface area contributed by atoms with E-state index in [4.69, 9.17) is 11.6 Å². The molecule has 21 heavy (non-hydrogen) atoms. The van der Waals surface area contributed by atoms with Crippen LogP contribution in [0.2, 0.25) is 5.02 Å². The fourth-order valence-electron chi connectivity index (χ4n) is 2.07. The van der Waals surface area contributed by atoms with E-state index in [0.29, 0.717) is 22.9 Å². The molecule has 0 atom stereocenters. The number of amides is 1. The molecule has 2 aromatic rings. The molecule has 0 aliphatic heterocycles. The fourth-order valence-corrected chi connectivity index (χ4v) is 2.34. The van der Waals surface area contributed by atoms with Crippen molar-refractivity contribution < 1.29 is 4.79 Å². The van der Waals surface area contributed by atoms with Gasteiger partial charge in [-0.05, 0) is 32.5 Å². The lowest BCUT2D eigenvalue weighted by molar-refractivity contribution is -0.121. The summed E-state index contributed by atoms with van der Waals surface area (Å²) in [5, 5.41) is 6.62. The van der Waals surface area contributed by atoms with Gasteiger partial charge in [-0.25, -0.2) is 4.98 Å². The van der Waals surface area contributed by atoms with E-state index in [1.165, 1.54) is 0 Å². The maximum Gasteiger partial charge on any atom is 0.244 e. The number of halogens is 1. The van der Waals surface area contributed by atoms with Crippen molar-refractivity contribution in [2.24, 2.45) is 0 Å². The molecule has 1 amide bonds. The number of rotatable bonds is 5. The summed E-state index contributed by atoms with van der Waals surface area (Å²) in [7, 11) is 0. The van der Waals surface area contributed by atoms with Gasteiger partial charge in [0.05, 0.1) is 28.3 Å². The van der Waals surface area contributed by atoms with Gasteiger partial charge in [0, 0.05) is 12.4 Å². The van der Waals surface area contributed by atoms with Crippen molar-refractivity contribution in [2.75, 3.05) is 11.9 Å². The Morgan fingerprint density at radius 2 is 2.19 bits per heavy atom. The molecule has 0 bridgehead atoms. The summed E-state index contributed by atoms with van der Waals surface area (Å²) in [6.45, 7) is 6.36. The smallest absolute Gasteiger partial charge is 0.244 e. The number of carbonyl (C=O) groups excluding carboxylic acids is 1. The lowest BCUT2D eigenvalue weighted by Crippen LogP contribution is -2.49. The molecule has 2 N–H and O–H groups in total. The number of carbonyl (C=O) groups is 1. The standard InChI is InChI=1S/C15H19ClN4O/c1-4-18-15(2,3)14(21)19-12-7-5-6-11(16)13(12)20-9-8-17-10-20/h5-10,18H,4H2,1-3H3,(H,19,21). The van der Waals surface area contributed by atoms with Gasteiger partial charge in [0.2, 0.25) is 5.91 Å². The van der Waals surface area contributed by atoms with Gasteiger partial charge in [-0.3, -0.25) is 4.79 Å². The number of hydrogen-bond donors (Lipinski definition) is 2. The number of imidazole rings is 1. The van der Waals surface area contributed by atoms with Crippen LogP contribution in [0, 0.1) is 0 Å². The molecule has 0 aliphatic rings. The Morgan fingerprint density at radius 1 is 1.43 bits per heavy atom. The minimum atomic E-state index is -0.663. The Hall–Kier alpha value is -1.85. The van der Waals surface area contributed by atoms with Gasteiger partial charge < -0.3 is 15.2 Å². The topological polar surface area (TPSA) is 59.0 Å². The van der Waals surface area contributed by atoms with Crippen LogP contribution in [0.5, 0.6) is 0 Å². The molecule has 1 aromatic heterocycles. The fraction of sp³-hybridized carbons (Fsp3) is 0.333. The zero-order chi connectivity index (χ0) is 15.5. The summed E-state index contributed by atoms with van der Waals surface area (Å²) >= 11 is 6.26. The van der Waals surface area contributed by atoms with Crippen molar-refractivity contribution >= 4 is 23.2 Å². The van der Waals surface area contributed by atoms with Crippen molar-refractivity contribution in [1.82, 2.24) is 14.9 Å². The molecule has 0 unspecified atom stereocenters. The first-order chi connectivity index (χ1) is 9.95. The van der Waals surface area contributed by atoms with E-state index >= 15 is 0 Å². The van der Waals surface area contributed by atoms with Crippen LogP contribution in [0.25, 0.3) is 5.69 Å². The normalized spacial score (nSPS) is 11.4. The van der Waals surface area contributed by atoms with Crippen LogP contribution in [-0.2, 0) is 4.79 Å². The monoisotopic (exact) mass is 306 g/mol. The molecule has 5 nitrogen and oxygen atoms in total. The van der Waals surface area contributed by atoms with Gasteiger partial charge in [0.15, 0.2) is 0 Å². The first-order valence-electron chi connectivity index (χ1n) is 6.79. The maximum absolute atomic E-state index is 12.4. The maximum atomic E-state index is 12.4.